The molecule has 1 aliphatic rings. The fraction of sp³-hybridized carbons (Fsp3) is 0.0571. The number of nitrogens with zero attached hydrogens (tertiary/aromatic N) is 2. The summed E-state index contributed by atoms with van der Waals surface area (Å²) in [7, 11) is 0. The molecule has 1 heterocycles. The van der Waals surface area contributed by atoms with Crippen molar-refractivity contribution in [1.29, 1.82) is 0 Å². The van der Waals surface area contributed by atoms with Gasteiger partial charge in [0.1, 0.15) is 30.3 Å². The third kappa shape index (κ3) is 6.79. The molecule has 47 heavy (non-hydrogen) atoms. The van der Waals surface area contributed by atoms with Gasteiger partial charge in [-0.15, -0.1) is 0 Å². The van der Waals surface area contributed by atoms with Crippen LogP contribution in [0.3, 0.4) is 0 Å². The number of hydrogen-bond donors (Lipinski definition) is 1. The molecule has 6 rings (SSSR count). The van der Waals surface area contributed by atoms with E-state index in [0.29, 0.717) is 38.1 Å². The molecule has 1 N–H and O–H groups in total. The second kappa shape index (κ2) is 13.3. The van der Waals surface area contributed by atoms with Crippen molar-refractivity contribution in [3.63, 3.8) is 0 Å². The summed E-state index contributed by atoms with van der Waals surface area (Å²) < 4.78 is 11.9. The van der Waals surface area contributed by atoms with Crippen LogP contribution in [-0.2, 0) is 22.8 Å². The van der Waals surface area contributed by atoms with Gasteiger partial charge in [0.15, 0.2) is 0 Å². The minimum Gasteiger partial charge on any atom is -0.489 e. The molecular formula is C35H23Cl2N3O7. The van der Waals surface area contributed by atoms with Crippen LogP contribution in [0.25, 0.3) is 16.8 Å². The van der Waals surface area contributed by atoms with E-state index in [2.05, 4.69) is 5.32 Å². The maximum absolute atomic E-state index is 13.8. The van der Waals surface area contributed by atoms with E-state index in [0.717, 1.165) is 15.8 Å². The molecular weight excluding hydrogens is 645 g/mol. The summed E-state index contributed by atoms with van der Waals surface area (Å²) in [5, 5.41) is 15.9. The molecule has 1 aliphatic heterocycles. The summed E-state index contributed by atoms with van der Waals surface area (Å²) in [5.74, 6) is -0.918. The van der Waals surface area contributed by atoms with E-state index in [1.807, 2.05) is 24.3 Å². The molecule has 0 aliphatic carbocycles. The number of nitro benzene ring substituents is 1. The molecule has 5 aromatic rings. The van der Waals surface area contributed by atoms with Gasteiger partial charge in [0.05, 0.1) is 10.6 Å². The number of nitro groups is 1. The summed E-state index contributed by atoms with van der Waals surface area (Å²) in [6, 6.07) is 27.3. The first-order valence-electron chi connectivity index (χ1n) is 14.1. The van der Waals surface area contributed by atoms with Crippen LogP contribution in [0.5, 0.6) is 11.5 Å². The number of halogens is 2. The van der Waals surface area contributed by atoms with E-state index in [1.165, 1.54) is 30.3 Å². The van der Waals surface area contributed by atoms with Gasteiger partial charge in [0, 0.05) is 33.3 Å². The van der Waals surface area contributed by atoms with E-state index in [9.17, 15) is 24.5 Å². The Morgan fingerprint density at radius 1 is 0.830 bits per heavy atom. The van der Waals surface area contributed by atoms with Crippen molar-refractivity contribution in [2.45, 2.75) is 13.2 Å². The number of barbiturate groups is 1. The van der Waals surface area contributed by atoms with Crippen LogP contribution in [0, 0.1) is 10.1 Å². The van der Waals surface area contributed by atoms with Gasteiger partial charge >= 0.3 is 6.03 Å². The standard InChI is InChI=1S/C35H23Cl2N3O7/c36-24-10-8-23(31(37)17-24)20-46-27-13-11-25(12-14-27)39-34(42)30(33(41)38-35(39)43)18-29-28-7-2-1-5-22(28)9-15-32(29)47-19-21-4-3-6-26(16-21)40(44)45/h1-18H,19-20H2,(H,38,41,43)/b30-18+. The van der Waals surface area contributed by atoms with Gasteiger partial charge in [-0.2, -0.15) is 0 Å². The number of benzene rings is 5. The smallest absolute Gasteiger partial charge is 0.335 e. The topological polar surface area (TPSA) is 128 Å². The number of non-ortho nitro benzene ring substituents is 1. The lowest BCUT2D eigenvalue weighted by Crippen LogP contribution is -2.54. The van der Waals surface area contributed by atoms with Crippen molar-refractivity contribution in [1.82, 2.24) is 5.32 Å². The summed E-state index contributed by atoms with van der Waals surface area (Å²) >= 11 is 12.2. The van der Waals surface area contributed by atoms with Crippen LogP contribution in [0.1, 0.15) is 16.7 Å². The minimum absolute atomic E-state index is 0.0143. The highest BCUT2D eigenvalue weighted by Crippen LogP contribution is 2.33. The molecule has 0 atom stereocenters. The summed E-state index contributed by atoms with van der Waals surface area (Å²) in [6.07, 6.45) is 1.38. The number of imide groups is 2. The first kappa shape index (κ1) is 31.3. The average Bonchev–Trinajstić information content (AvgIpc) is 3.06. The zero-order chi connectivity index (χ0) is 33.1. The Bertz CT molecular complexity index is 2100. The number of rotatable bonds is 9. The SMILES string of the molecule is O=C1NC(=O)N(c2ccc(OCc3ccc(Cl)cc3Cl)cc2)C(=O)/C1=C/c1c(OCc2cccc([N+](=O)[O-])c2)ccc2ccccc12. The van der Waals surface area contributed by atoms with Crippen LogP contribution in [0.15, 0.2) is 109 Å². The monoisotopic (exact) mass is 667 g/mol. The lowest BCUT2D eigenvalue weighted by atomic mass is 9.99. The number of hydrogen-bond acceptors (Lipinski definition) is 7. The quantitative estimate of drug-likeness (QED) is 0.0733. The molecule has 0 aromatic heterocycles. The molecule has 1 fully saturated rings. The molecule has 5 aromatic carbocycles. The van der Waals surface area contributed by atoms with Crippen molar-refractivity contribution in [2.24, 2.45) is 0 Å². The van der Waals surface area contributed by atoms with E-state index >= 15 is 0 Å². The van der Waals surface area contributed by atoms with Gasteiger partial charge in [-0.3, -0.25) is 25.0 Å². The Hall–Kier alpha value is -5.71. The normalized spacial score (nSPS) is 14.0. The lowest BCUT2D eigenvalue weighted by molar-refractivity contribution is -0.384. The highest BCUT2D eigenvalue weighted by Gasteiger charge is 2.37. The van der Waals surface area contributed by atoms with Crippen LogP contribution in [0.2, 0.25) is 10.0 Å². The molecule has 0 unspecified atom stereocenters. The van der Waals surface area contributed by atoms with E-state index in [1.54, 1.807) is 54.6 Å². The Morgan fingerprint density at radius 2 is 1.62 bits per heavy atom. The Kier molecular flexibility index (Phi) is 8.88. The zero-order valence-electron chi connectivity index (χ0n) is 24.3. The number of carbonyl (C=O) groups is 3. The summed E-state index contributed by atoms with van der Waals surface area (Å²) in [4.78, 5) is 51.3. The van der Waals surface area contributed by atoms with Crippen molar-refractivity contribution >= 4 is 69.3 Å². The van der Waals surface area contributed by atoms with Gasteiger partial charge < -0.3 is 9.47 Å². The predicted octanol–water partition coefficient (Wildman–Crippen LogP) is 7.88. The molecule has 12 heteroatoms. The maximum Gasteiger partial charge on any atom is 0.335 e. The Balaban J connectivity index is 1.28. The second-order valence-electron chi connectivity index (χ2n) is 10.4. The van der Waals surface area contributed by atoms with E-state index in [-0.39, 0.29) is 30.2 Å². The van der Waals surface area contributed by atoms with Crippen molar-refractivity contribution in [3.8, 4) is 11.5 Å². The zero-order valence-corrected chi connectivity index (χ0v) is 25.8. The lowest BCUT2D eigenvalue weighted by Gasteiger charge is -2.26. The van der Waals surface area contributed by atoms with Gasteiger partial charge in [-0.05, 0) is 64.9 Å². The molecule has 0 saturated carbocycles. The van der Waals surface area contributed by atoms with Gasteiger partial charge in [-0.1, -0.05) is 71.7 Å². The van der Waals surface area contributed by atoms with E-state index in [4.69, 9.17) is 32.7 Å². The van der Waals surface area contributed by atoms with Gasteiger partial charge in [-0.25, -0.2) is 9.69 Å². The van der Waals surface area contributed by atoms with Crippen molar-refractivity contribution in [3.05, 3.63) is 146 Å². The number of amides is 4. The van der Waals surface area contributed by atoms with Crippen LogP contribution in [-0.4, -0.2) is 22.8 Å². The predicted molar refractivity (Wildman–Crippen MR) is 178 cm³/mol. The second-order valence-corrected chi connectivity index (χ2v) is 11.2. The van der Waals surface area contributed by atoms with Crippen molar-refractivity contribution < 1.29 is 28.8 Å². The summed E-state index contributed by atoms with van der Waals surface area (Å²) in [5.41, 5.74) is 1.54. The number of ether oxygens (including phenoxy) is 2. The van der Waals surface area contributed by atoms with E-state index < -0.39 is 22.8 Å². The van der Waals surface area contributed by atoms with Crippen LogP contribution in [0.4, 0.5) is 16.2 Å². The first-order valence-corrected chi connectivity index (χ1v) is 14.9. The fourth-order valence-corrected chi connectivity index (χ4v) is 5.46. The average molecular weight is 668 g/mol. The first-order chi connectivity index (χ1) is 22.7. The number of nitrogens with one attached hydrogen (secondary N) is 1. The van der Waals surface area contributed by atoms with Crippen LogP contribution < -0.4 is 19.7 Å². The number of anilines is 1. The number of carbonyl (C=O) groups excluding carboxylic acids is 3. The van der Waals surface area contributed by atoms with Gasteiger partial charge in [0.25, 0.3) is 17.5 Å². The molecule has 0 bridgehead atoms. The van der Waals surface area contributed by atoms with Crippen molar-refractivity contribution in [2.75, 3.05) is 4.90 Å². The van der Waals surface area contributed by atoms with Gasteiger partial charge in [0.2, 0.25) is 0 Å². The molecule has 10 nitrogen and oxygen atoms in total. The molecule has 0 spiro atoms. The Labute approximate surface area is 277 Å². The summed E-state index contributed by atoms with van der Waals surface area (Å²) in [6.45, 7) is 0.149. The highest BCUT2D eigenvalue weighted by molar-refractivity contribution is 6.39. The largest absolute Gasteiger partial charge is 0.489 e. The number of urea groups is 1. The maximum atomic E-state index is 13.8. The molecule has 0 radical (unpaired) electrons. The molecule has 234 valence electrons. The molecule has 1 saturated heterocycles. The highest BCUT2D eigenvalue weighted by atomic mass is 35.5. The third-order valence-corrected chi connectivity index (χ3v) is 7.93. The van der Waals surface area contributed by atoms with Crippen LogP contribution >= 0.6 is 23.2 Å². The molecule has 4 amide bonds. The number of fused-ring (bicyclic) bond motifs is 1. The fourth-order valence-electron chi connectivity index (χ4n) is 5.00. The Morgan fingerprint density at radius 3 is 2.38 bits per heavy atom. The minimum atomic E-state index is -0.904. The third-order valence-electron chi connectivity index (χ3n) is 7.34.